The molecule has 7 nitrogen and oxygen atoms in total. The topological polar surface area (TPSA) is 96.3 Å². The summed E-state index contributed by atoms with van der Waals surface area (Å²) in [5, 5.41) is 22.2. The third-order valence-electron chi connectivity index (χ3n) is 10.4. The molecule has 0 fully saturated rings. The van der Waals surface area contributed by atoms with E-state index in [-0.39, 0.29) is 57.9 Å². The lowest BCUT2D eigenvalue weighted by molar-refractivity contribution is -0.146. The molecule has 7 heteroatoms. The van der Waals surface area contributed by atoms with Gasteiger partial charge in [-0.1, -0.05) is 107 Å². The molecule has 2 aromatic rings. The van der Waals surface area contributed by atoms with Gasteiger partial charge in [-0.25, -0.2) is 0 Å². The molecule has 290 valence electrons. The quantitative estimate of drug-likeness (QED) is 0.249. The zero-order valence-corrected chi connectivity index (χ0v) is 35.5. The average molecular weight is 720 g/mol. The van der Waals surface area contributed by atoms with Crippen LogP contribution in [0.15, 0.2) is 36.1 Å². The first kappa shape index (κ1) is 43.1. The molecule has 1 unspecified atom stereocenters. The lowest BCUT2D eigenvalue weighted by Crippen LogP contribution is -2.58. The Hall–Kier alpha value is -3.32. The first-order valence-electron chi connectivity index (χ1n) is 19.0. The molecule has 3 rings (SSSR count). The molecule has 1 atom stereocenters. The highest BCUT2D eigenvalue weighted by molar-refractivity contribution is 5.79. The van der Waals surface area contributed by atoms with Gasteiger partial charge in [-0.2, -0.15) is 0 Å². The smallest absolute Gasteiger partial charge is 0.318 e. The van der Waals surface area contributed by atoms with Crippen LogP contribution in [0.3, 0.4) is 0 Å². The van der Waals surface area contributed by atoms with Crippen LogP contribution in [0.2, 0.25) is 0 Å². The van der Waals surface area contributed by atoms with Gasteiger partial charge in [-0.05, 0) is 102 Å². The van der Waals surface area contributed by atoms with E-state index in [2.05, 4.69) is 116 Å². The van der Waals surface area contributed by atoms with Crippen molar-refractivity contribution in [2.24, 2.45) is 0 Å². The Labute approximate surface area is 315 Å². The number of aromatic hydroxyl groups is 2. The summed E-state index contributed by atoms with van der Waals surface area (Å²) in [7, 11) is 0. The van der Waals surface area contributed by atoms with Gasteiger partial charge < -0.3 is 19.7 Å². The summed E-state index contributed by atoms with van der Waals surface area (Å²) >= 11 is 0. The van der Waals surface area contributed by atoms with Crippen LogP contribution in [0.4, 0.5) is 0 Å². The summed E-state index contributed by atoms with van der Waals surface area (Å²) in [6.45, 7) is 35.9. The number of carbonyl (C=O) groups is 2. The number of carbonyl (C=O) groups excluding carboxylic acids is 2. The minimum absolute atomic E-state index is 0.237. The van der Waals surface area contributed by atoms with E-state index < -0.39 is 11.5 Å². The largest absolute Gasteiger partial charge is 0.507 e. The second kappa shape index (κ2) is 14.8. The zero-order chi connectivity index (χ0) is 40.0. The van der Waals surface area contributed by atoms with Gasteiger partial charge in [-0.3, -0.25) is 14.5 Å². The maximum absolute atomic E-state index is 13.7. The Morgan fingerprint density at radius 1 is 0.750 bits per heavy atom. The van der Waals surface area contributed by atoms with E-state index in [4.69, 9.17) is 9.47 Å². The predicted molar refractivity (Wildman–Crippen MR) is 212 cm³/mol. The Bertz CT molecular complexity index is 1600. The van der Waals surface area contributed by atoms with Gasteiger partial charge in [0.25, 0.3) is 0 Å². The molecular weight excluding hydrogens is 650 g/mol. The van der Waals surface area contributed by atoms with Gasteiger partial charge in [0.15, 0.2) is 0 Å². The van der Waals surface area contributed by atoms with Gasteiger partial charge in [0.1, 0.15) is 23.9 Å². The number of esters is 2. The zero-order valence-electron chi connectivity index (χ0n) is 35.5. The molecule has 52 heavy (non-hydrogen) atoms. The van der Waals surface area contributed by atoms with Gasteiger partial charge >= 0.3 is 11.9 Å². The monoisotopic (exact) mass is 720 g/mol. The van der Waals surface area contributed by atoms with Crippen molar-refractivity contribution in [3.63, 3.8) is 0 Å². The van der Waals surface area contributed by atoms with Gasteiger partial charge in [0.2, 0.25) is 0 Å². The summed E-state index contributed by atoms with van der Waals surface area (Å²) in [6.07, 6.45) is 3.30. The van der Waals surface area contributed by atoms with Gasteiger partial charge in [0, 0.05) is 30.5 Å². The third-order valence-corrected chi connectivity index (χ3v) is 10.4. The summed E-state index contributed by atoms with van der Waals surface area (Å²) in [5.41, 5.74) is 3.31. The second-order valence-electron chi connectivity index (χ2n) is 20.3. The summed E-state index contributed by atoms with van der Waals surface area (Å²) in [4.78, 5) is 28.9. The van der Waals surface area contributed by atoms with E-state index in [1.54, 1.807) is 0 Å². The average Bonchev–Trinajstić information content (AvgIpc) is 2.94. The molecule has 2 aromatic carbocycles. The minimum Gasteiger partial charge on any atom is -0.507 e. The van der Waals surface area contributed by atoms with Crippen molar-refractivity contribution in [1.29, 1.82) is 0 Å². The van der Waals surface area contributed by atoms with Crippen LogP contribution in [0.1, 0.15) is 170 Å². The van der Waals surface area contributed by atoms with E-state index in [1.165, 1.54) is 0 Å². The number of phenols is 2. The second-order valence-corrected chi connectivity index (χ2v) is 20.3. The normalized spacial score (nSPS) is 17.4. The number of rotatable bonds is 9. The predicted octanol–water partition coefficient (Wildman–Crippen LogP) is 10.3. The number of benzene rings is 2. The van der Waals surface area contributed by atoms with Crippen molar-refractivity contribution in [3.05, 3.63) is 69.5 Å². The molecular formula is C45H69NO6. The van der Waals surface area contributed by atoms with Crippen molar-refractivity contribution in [3.8, 4) is 11.5 Å². The highest BCUT2D eigenvalue weighted by Gasteiger charge is 2.42. The van der Waals surface area contributed by atoms with E-state index in [1.807, 2.05) is 37.3 Å². The number of nitrogens with zero attached hydrogens (tertiary/aromatic N) is 1. The lowest BCUT2D eigenvalue weighted by atomic mass is 9.77. The summed E-state index contributed by atoms with van der Waals surface area (Å²) in [5.74, 6) is 0.131. The van der Waals surface area contributed by atoms with Crippen LogP contribution in [-0.2, 0) is 47.1 Å². The SMILES string of the molecule is CC(C(=O)OC1=CC(C)(C)N(CCOC(=O)CCc2cc(C(C)(C)C)c(O)c(C(C)(C)C)c2)C(C)(C)C1)c1cc(C(C)(C)C)c(O)c(C(C)(C)C)c1. The fourth-order valence-corrected chi connectivity index (χ4v) is 7.44. The molecule has 1 aliphatic rings. The van der Waals surface area contributed by atoms with Crippen molar-refractivity contribution >= 4 is 11.9 Å². The van der Waals surface area contributed by atoms with Crippen molar-refractivity contribution in [1.82, 2.24) is 4.90 Å². The Kier molecular flexibility index (Phi) is 12.3. The fourth-order valence-electron chi connectivity index (χ4n) is 7.44. The van der Waals surface area contributed by atoms with Crippen molar-refractivity contribution in [2.75, 3.05) is 13.2 Å². The van der Waals surface area contributed by atoms with Gasteiger partial charge in [0.05, 0.1) is 5.92 Å². The standard InChI is InChI=1S/C45H69NO6/c1-28(30-24-34(42(8,9)10)38(49)35(25-30)43(11,12)13)39(50)52-31-26-44(14,15)46(45(16,17)27-31)20-21-51-36(47)19-18-29-22-32(40(2,3)4)37(48)33(23-29)41(5,6)7/h22-26,28,48-49H,18-21,27H2,1-17H3. The maximum atomic E-state index is 13.7. The highest BCUT2D eigenvalue weighted by Crippen LogP contribution is 2.43. The van der Waals surface area contributed by atoms with Crippen LogP contribution >= 0.6 is 0 Å². The Morgan fingerprint density at radius 2 is 1.17 bits per heavy atom. The molecule has 1 aliphatic heterocycles. The van der Waals surface area contributed by atoms with Crippen LogP contribution in [0.25, 0.3) is 0 Å². The number of hydrogen-bond donors (Lipinski definition) is 2. The molecule has 0 aliphatic carbocycles. The molecule has 2 N–H and O–H groups in total. The molecule has 1 heterocycles. The fraction of sp³-hybridized carbons (Fsp3) is 0.644. The number of aryl methyl sites for hydroxylation is 1. The van der Waals surface area contributed by atoms with Crippen molar-refractivity contribution in [2.45, 2.75) is 176 Å². The number of ether oxygens (including phenoxy) is 2. The van der Waals surface area contributed by atoms with E-state index >= 15 is 0 Å². The van der Waals surface area contributed by atoms with Crippen LogP contribution in [0, 0.1) is 0 Å². The van der Waals surface area contributed by atoms with E-state index in [9.17, 15) is 19.8 Å². The third kappa shape index (κ3) is 10.2. The Morgan fingerprint density at radius 3 is 1.58 bits per heavy atom. The summed E-state index contributed by atoms with van der Waals surface area (Å²) < 4.78 is 11.9. The molecule has 0 saturated heterocycles. The van der Waals surface area contributed by atoms with Crippen LogP contribution in [0.5, 0.6) is 11.5 Å². The number of hydrogen-bond acceptors (Lipinski definition) is 7. The molecule has 0 aromatic heterocycles. The maximum Gasteiger partial charge on any atom is 0.318 e. The minimum atomic E-state index is -0.533. The first-order valence-corrected chi connectivity index (χ1v) is 19.0. The van der Waals surface area contributed by atoms with E-state index in [0.29, 0.717) is 30.9 Å². The van der Waals surface area contributed by atoms with E-state index in [0.717, 1.165) is 33.4 Å². The van der Waals surface area contributed by atoms with Crippen LogP contribution in [-0.4, -0.2) is 51.3 Å². The molecule has 0 amide bonds. The van der Waals surface area contributed by atoms with Crippen molar-refractivity contribution < 1.29 is 29.3 Å². The lowest BCUT2D eigenvalue weighted by Gasteiger charge is -2.50. The molecule has 0 saturated carbocycles. The molecule has 0 bridgehead atoms. The Balaban J connectivity index is 1.70. The first-order chi connectivity index (χ1) is 23.4. The molecule has 0 radical (unpaired) electrons. The van der Waals surface area contributed by atoms with Gasteiger partial charge in [-0.15, -0.1) is 0 Å². The van der Waals surface area contributed by atoms with Crippen LogP contribution < -0.4 is 0 Å². The highest BCUT2D eigenvalue weighted by atomic mass is 16.5. The molecule has 0 spiro atoms. The number of phenolic OH excluding ortho intramolecular Hbond substituents is 2. The summed E-state index contributed by atoms with van der Waals surface area (Å²) in [6, 6.07) is 7.93.